The van der Waals surface area contributed by atoms with Crippen molar-refractivity contribution < 1.29 is 37.4 Å². The van der Waals surface area contributed by atoms with Crippen molar-refractivity contribution in [3.05, 3.63) is 54.6 Å². The number of anilines is 1. The van der Waals surface area contributed by atoms with Gasteiger partial charge < -0.3 is 24.0 Å². The maximum atomic E-state index is 16.4. The highest BCUT2D eigenvalue weighted by Crippen LogP contribution is 2.49. The predicted molar refractivity (Wildman–Crippen MR) is 169 cm³/mol. The maximum Gasteiger partial charge on any atom is 0.459 e. The molecule has 4 aromatic rings. The van der Waals surface area contributed by atoms with Gasteiger partial charge in [-0.25, -0.2) is 23.9 Å². The molecule has 13 nitrogen and oxygen atoms in total. The zero-order valence-electron chi connectivity index (χ0n) is 26.2. The molecule has 1 aliphatic heterocycles. The number of terminal acetylenes is 1. The molecule has 0 bridgehead atoms. The monoisotopic (exact) mass is 654 g/mol. The zero-order valence-corrected chi connectivity index (χ0v) is 27.1. The molecule has 0 saturated carbocycles. The molecular formula is C31H36FN6O7P. The quantitative estimate of drug-likeness (QED) is 0.136. The fourth-order valence-corrected chi connectivity index (χ4v) is 6.61. The van der Waals surface area contributed by atoms with Crippen molar-refractivity contribution in [3.8, 4) is 18.1 Å². The highest BCUT2D eigenvalue weighted by Gasteiger charge is 2.58. The smallest absolute Gasteiger partial charge is 0.459 e. The first kappa shape index (κ1) is 33.2. The van der Waals surface area contributed by atoms with Crippen LogP contribution < -0.4 is 14.5 Å². The number of esters is 1. The molecule has 1 fully saturated rings. The Balaban J connectivity index is 1.45. The molecular weight excluding hydrogens is 618 g/mol. The van der Waals surface area contributed by atoms with E-state index in [0.717, 1.165) is 5.39 Å². The fraction of sp³-hybridized carbons (Fsp3) is 0.419. The Labute approximate surface area is 265 Å². The summed E-state index contributed by atoms with van der Waals surface area (Å²) in [6.07, 6.45) is 1.56. The first-order valence-electron chi connectivity index (χ1n) is 14.5. The Bertz CT molecular complexity index is 1840. The van der Waals surface area contributed by atoms with Crippen LogP contribution in [0.25, 0.3) is 21.9 Å². The van der Waals surface area contributed by atoms with E-state index in [-0.39, 0.29) is 11.4 Å². The summed E-state index contributed by atoms with van der Waals surface area (Å²) in [6, 6.07) is 11.3. The molecule has 0 radical (unpaired) electrons. The van der Waals surface area contributed by atoms with Crippen LogP contribution in [0.3, 0.4) is 0 Å². The lowest BCUT2D eigenvalue weighted by molar-refractivity contribution is -0.149. The largest absolute Gasteiger partial charge is 0.462 e. The molecule has 0 unspecified atom stereocenters. The SMILES string of the molecule is C#C[C@@]1(F)[C@H](O)[C@@H](CO[P@@](=O)(N[C@H](C)C(=O)OC(C)C)Oc2cccc3ccccc23)O[C@H]1n1cnc2c(N(C)C)nc(C)nc21. The lowest BCUT2D eigenvalue weighted by Crippen LogP contribution is -2.42. The van der Waals surface area contributed by atoms with Gasteiger partial charge in [0.2, 0.25) is 5.67 Å². The standard InChI is InChI=1S/C31H36FN6O7P/c1-8-31(32)26(39)24(44-30(31)38-17-33-25-27(37(6)7)34-20(5)35-28(25)38)16-42-46(41,36-19(4)29(40)43-18(2)3)45-23-15-11-13-21-12-9-10-14-22(21)23/h1,9-15,17-19,24,26,30,39H,16H2,2-7H3,(H,36,41)/t19-,24-,26-,30-,31-,46+/m1/s1. The number of alkyl halides is 1. The van der Waals surface area contributed by atoms with Gasteiger partial charge in [-0.1, -0.05) is 42.3 Å². The number of aromatic nitrogens is 4. The first-order valence-corrected chi connectivity index (χ1v) is 16.1. The summed E-state index contributed by atoms with van der Waals surface area (Å²) < 4.78 is 54.9. The summed E-state index contributed by atoms with van der Waals surface area (Å²) >= 11 is 0. The van der Waals surface area contributed by atoms with E-state index in [2.05, 4.69) is 20.0 Å². The molecule has 0 amide bonds. The molecule has 0 spiro atoms. The number of rotatable bonds is 11. The second-order valence-corrected chi connectivity index (χ2v) is 13.1. The number of aliphatic hydroxyl groups is 1. The van der Waals surface area contributed by atoms with E-state index in [0.29, 0.717) is 22.5 Å². The number of nitrogens with one attached hydrogen (secondary N) is 1. The summed E-state index contributed by atoms with van der Waals surface area (Å²) in [5.41, 5.74) is -2.16. The van der Waals surface area contributed by atoms with Gasteiger partial charge in [0.25, 0.3) is 0 Å². The first-order chi connectivity index (χ1) is 21.8. The predicted octanol–water partition coefficient (Wildman–Crippen LogP) is 4.09. The number of ether oxygens (including phenoxy) is 2. The maximum absolute atomic E-state index is 16.4. The highest BCUT2D eigenvalue weighted by atomic mass is 31.2. The Hall–Kier alpha value is -4.12. The van der Waals surface area contributed by atoms with E-state index in [1.54, 1.807) is 64.0 Å². The van der Waals surface area contributed by atoms with Crippen LogP contribution in [0.2, 0.25) is 0 Å². The van der Waals surface area contributed by atoms with Gasteiger partial charge in [0.05, 0.1) is 19.0 Å². The van der Waals surface area contributed by atoms with Gasteiger partial charge in [-0.15, -0.1) is 6.42 Å². The van der Waals surface area contributed by atoms with Crippen molar-refractivity contribution >= 4 is 41.5 Å². The van der Waals surface area contributed by atoms with Gasteiger partial charge in [-0.2, -0.15) is 5.09 Å². The number of nitrogens with zero attached hydrogens (tertiary/aromatic N) is 5. The van der Waals surface area contributed by atoms with Gasteiger partial charge in [-0.3, -0.25) is 13.9 Å². The summed E-state index contributed by atoms with van der Waals surface area (Å²) in [5.74, 6) is 2.41. The van der Waals surface area contributed by atoms with E-state index in [9.17, 15) is 14.5 Å². The lowest BCUT2D eigenvalue weighted by atomic mass is 9.97. The zero-order chi connectivity index (χ0) is 33.4. The number of aliphatic hydroxyl groups excluding tert-OH is 1. The Morgan fingerprint density at radius 1 is 1.24 bits per heavy atom. The Morgan fingerprint density at radius 2 is 1.96 bits per heavy atom. The number of aryl methyl sites for hydroxylation is 1. The van der Waals surface area contributed by atoms with Crippen molar-refractivity contribution in [2.75, 3.05) is 25.6 Å². The van der Waals surface area contributed by atoms with Gasteiger partial charge in [-0.05, 0) is 39.1 Å². The normalized spacial score (nSPS) is 23.3. The third-order valence-electron chi connectivity index (χ3n) is 7.29. The second-order valence-electron chi connectivity index (χ2n) is 11.4. The van der Waals surface area contributed by atoms with Crippen molar-refractivity contribution in [3.63, 3.8) is 0 Å². The van der Waals surface area contributed by atoms with Crippen molar-refractivity contribution in [2.24, 2.45) is 0 Å². The van der Waals surface area contributed by atoms with E-state index < -0.39 is 56.6 Å². The Morgan fingerprint density at radius 3 is 2.65 bits per heavy atom. The van der Waals surface area contributed by atoms with E-state index in [1.807, 2.05) is 24.1 Å². The van der Waals surface area contributed by atoms with Crippen LogP contribution in [0.5, 0.6) is 5.75 Å². The molecule has 244 valence electrons. The number of benzene rings is 2. The molecule has 15 heteroatoms. The average Bonchev–Trinajstić information content (AvgIpc) is 3.53. The van der Waals surface area contributed by atoms with E-state index in [1.165, 1.54) is 17.8 Å². The van der Waals surface area contributed by atoms with Crippen LogP contribution >= 0.6 is 7.75 Å². The van der Waals surface area contributed by atoms with Gasteiger partial charge in [0, 0.05) is 19.5 Å². The van der Waals surface area contributed by atoms with Crippen LogP contribution in [0, 0.1) is 19.3 Å². The third-order valence-corrected chi connectivity index (χ3v) is 8.92. The third kappa shape index (κ3) is 6.42. The van der Waals surface area contributed by atoms with Crippen LogP contribution in [0.15, 0.2) is 48.8 Å². The number of carbonyl (C=O) groups is 1. The molecule has 2 N–H and O–H groups in total. The minimum atomic E-state index is -4.43. The number of hydrogen-bond acceptors (Lipinski definition) is 11. The van der Waals surface area contributed by atoms with Crippen LogP contribution in [-0.2, 0) is 23.4 Å². The molecule has 2 aromatic carbocycles. The van der Waals surface area contributed by atoms with E-state index in [4.69, 9.17) is 24.9 Å². The molecule has 1 aliphatic rings. The van der Waals surface area contributed by atoms with E-state index >= 15 is 4.39 Å². The summed E-state index contributed by atoms with van der Waals surface area (Å²) in [5, 5.41) is 15.2. The topological polar surface area (TPSA) is 150 Å². The molecule has 1 saturated heterocycles. The van der Waals surface area contributed by atoms with Crippen LogP contribution in [0.4, 0.5) is 10.2 Å². The molecule has 0 aliphatic carbocycles. The molecule has 5 rings (SSSR count). The Kier molecular flexibility index (Phi) is 9.35. The van der Waals surface area contributed by atoms with Crippen LogP contribution in [-0.4, -0.2) is 81.3 Å². The number of fused-ring (bicyclic) bond motifs is 2. The number of hydrogen-bond donors (Lipinski definition) is 2. The minimum Gasteiger partial charge on any atom is -0.462 e. The fourth-order valence-electron chi connectivity index (χ4n) is 5.09. The summed E-state index contributed by atoms with van der Waals surface area (Å²) in [7, 11) is -0.876. The van der Waals surface area contributed by atoms with Gasteiger partial charge >= 0.3 is 13.7 Å². The lowest BCUT2D eigenvalue weighted by Gasteiger charge is -2.25. The van der Waals surface area contributed by atoms with Crippen molar-refractivity contribution in [2.45, 2.75) is 63.9 Å². The van der Waals surface area contributed by atoms with Crippen molar-refractivity contribution in [1.82, 2.24) is 24.6 Å². The molecule has 6 atom stereocenters. The number of carbonyl (C=O) groups excluding carboxylic acids is 1. The van der Waals surface area contributed by atoms with Crippen molar-refractivity contribution in [1.29, 1.82) is 0 Å². The average molecular weight is 655 g/mol. The molecule has 46 heavy (non-hydrogen) atoms. The molecule has 3 heterocycles. The summed E-state index contributed by atoms with van der Waals surface area (Å²) in [6.45, 7) is 5.82. The minimum absolute atomic E-state index is 0.198. The van der Waals surface area contributed by atoms with Gasteiger partial charge in [0.1, 0.15) is 29.8 Å². The van der Waals surface area contributed by atoms with Gasteiger partial charge in [0.15, 0.2) is 23.2 Å². The molecule has 2 aromatic heterocycles. The number of imidazole rings is 1. The highest BCUT2D eigenvalue weighted by molar-refractivity contribution is 7.52. The van der Waals surface area contributed by atoms with Crippen LogP contribution in [0.1, 0.15) is 32.8 Å². The second kappa shape index (κ2) is 12.9. The number of halogens is 1. The summed E-state index contributed by atoms with van der Waals surface area (Å²) in [4.78, 5) is 27.5.